The van der Waals surface area contributed by atoms with E-state index in [1.54, 1.807) is 20.8 Å². The van der Waals surface area contributed by atoms with Crippen LogP contribution in [0.5, 0.6) is 0 Å². The van der Waals surface area contributed by atoms with Crippen molar-refractivity contribution < 1.29 is 31.0 Å². The first-order valence-corrected chi connectivity index (χ1v) is 12.2. The Kier molecular flexibility index (Phi) is 9.00. The van der Waals surface area contributed by atoms with E-state index in [0.717, 1.165) is 11.4 Å². The van der Waals surface area contributed by atoms with E-state index in [1.807, 2.05) is 13.8 Å². The summed E-state index contributed by atoms with van der Waals surface area (Å²) in [6.45, 7) is 9.22. The van der Waals surface area contributed by atoms with E-state index >= 15 is 0 Å². The molecule has 10 heteroatoms. The Morgan fingerprint density at radius 3 is 1.73 bits per heavy atom. The van der Waals surface area contributed by atoms with Crippen LogP contribution in [-0.4, -0.2) is 12.2 Å². The summed E-state index contributed by atoms with van der Waals surface area (Å²) in [7, 11) is 0. The van der Waals surface area contributed by atoms with E-state index in [0.29, 0.717) is 12.3 Å². The Bertz CT molecular complexity index is 656. The van der Waals surface area contributed by atoms with Crippen molar-refractivity contribution >= 4 is 28.9 Å². The second-order valence-corrected chi connectivity index (χ2v) is 12.7. The highest BCUT2D eigenvalue weighted by atomic mass is 32.9. The Morgan fingerprint density at radius 2 is 1.31 bits per heavy atom. The highest BCUT2D eigenvalue weighted by Gasteiger charge is 2.30. The summed E-state index contributed by atoms with van der Waals surface area (Å²) in [4.78, 5) is 0. The molecule has 0 radical (unpaired) electrons. The molecule has 0 heterocycles. The molecule has 0 amide bonds. The predicted molar refractivity (Wildman–Crippen MR) is 98.0 cm³/mol. The molecule has 1 aromatic rings. The third-order valence-electron chi connectivity index (χ3n) is 3.12. The summed E-state index contributed by atoms with van der Waals surface area (Å²) in [5, 5.41) is 0. The minimum atomic E-state index is -3.06. The second-order valence-electron chi connectivity index (χ2n) is 6.47. The SMILES string of the molecule is CC(C)CC(C)OP(=S)(OC(C)C)SCc1c(F)c(F)c(F)c(F)c1F. The molecular weight excluding hydrogens is 414 g/mol. The largest absolute Gasteiger partial charge is 0.319 e. The van der Waals surface area contributed by atoms with Gasteiger partial charge in [0.05, 0.1) is 12.2 Å². The molecule has 0 aliphatic heterocycles. The first kappa shape index (κ1) is 23.8. The van der Waals surface area contributed by atoms with Gasteiger partial charge >= 0.3 is 0 Å². The van der Waals surface area contributed by atoms with Crippen LogP contribution in [-0.2, 0) is 26.6 Å². The molecule has 2 nitrogen and oxygen atoms in total. The van der Waals surface area contributed by atoms with Gasteiger partial charge in [-0.05, 0) is 44.9 Å². The Balaban J connectivity index is 3.06. The lowest BCUT2D eigenvalue weighted by Crippen LogP contribution is -2.12. The zero-order chi connectivity index (χ0) is 20.2. The lowest BCUT2D eigenvalue weighted by molar-refractivity contribution is 0.161. The van der Waals surface area contributed by atoms with Crippen molar-refractivity contribution in [1.82, 2.24) is 0 Å². The Morgan fingerprint density at radius 1 is 0.846 bits per heavy atom. The van der Waals surface area contributed by atoms with Gasteiger partial charge in [-0.15, -0.1) is 0 Å². The molecule has 0 aliphatic rings. The van der Waals surface area contributed by atoms with Gasteiger partial charge in [0.15, 0.2) is 23.3 Å². The van der Waals surface area contributed by atoms with Crippen molar-refractivity contribution in [3.63, 3.8) is 0 Å². The Labute approximate surface area is 159 Å². The predicted octanol–water partition coefficient (Wildman–Crippen LogP) is 6.72. The van der Waals surface area contributed by atoms with Crippen LogP contribution in [0.25, 0.3) is 0 Å². The van der Waals surface area contributed by atoms with Crippen LogP contribution < -0.4 is 0 Å². The zero-order valence-electron chi connectivity index (χ0n) is 15.1. The van der Waals surface area contributed by atoms with Gasteiger partial charge in [0.1, 0.15) is 0 Å². The lowest BCUT2D eigenvalue weighted by atomic mass is 10.1. The fourth-order valence-electron chi connectivity index (χ4n) is 2.19. The minimum absolute atomic E-state index is 0.275. The van der Waals surface area contributed by atoms with Crippen molar-refractivity contribution in [2.45, 2.75) is 59.0 Å². The van der Waals surface area contributed by atoms with Crippen molar-refractivity contribution in [2.75, 3.05) is 0 Å². The first-order chi connectivity index (χ1) is 11.9. The second kappa shape index (κ2) is 9.82. The highest BCUT2D eigenvalue weighted by molar-refractivity contribution is 8.67. The van der Waals surface area contributed by atoms with E-state index < -0.39 is 46.1 Å². The lowest BCUT2D eigenvalue weighted by Gasteiger charge is -2.27. The fourth-order valence-corrected chi connectivity index (χ4v) is 7.56. The molecule has 0 saturated heterocycles. The molecule has 0 aromatic heterocycles. The number of rotatable bonds is 9. The van der Waals surface area contributed by atoms with Gasteiger partial charge in [-0.2, -0.15) is 0 Å². The summed E-state index contributed by atoms with van der Waals surface area (Å²) in [6.07, 6.45) is 0.0857. The van der Waals surface area contributed by atoms with E-state index in [1.165, 1.54) is 0 Å². The molecule has 26 heavy (non-hydrogen) atoms. The molecule has 0 spiro atoms. The normalized spacial score (nSPS) is 15.5. The van der Waals surface area contributed by atoms with Gasteiger partial charge < -0.3 is 9.05 Å². The summed E-state index contributed by atoms with van der Waals surface area (Å²) in [5.41, 5.74) is -3.99. The topological polar surface area (TPSA) is 18.5 Å². The van der Waals surface area contributed by atoms with Crippen LogP contribution in [0.1, 0.15) is 46.6 Å². The molecule has 2 unspecified atom stereocenters. The Hall–Kier alpha value is -0.210. The molecule has 2 atom stereocenters. The maximum Gasteiger partial charge on any atom is 0.248 e. The van der Waals surface area contributed by atoms with E-state index in [4.69, 9.17) is 20.9 Å². The van der Waals surface area contributed by atoms with E-state index in [2.05, 4.69) is 0 Å². The monoisotopic (exact) mass is 436 g/mol. The van der Waals surface area contributed by atoms with Crippen LogP contribution in [0, 0.1) is 35.0 Å². The average molecular weight is 436 g/mol. The van der Waals surface area contributed by atoms with E-state index in [9.17, 15) is 22.0 Å². The number of halogens is 5. The van der Waals surface area contributed by atoms with Crippen molar-refractivity contribution in [3.05, 3.63) is 34.6 Å². The van der Waals surface area contributed by atoms with Crippen LogP contribution in [0.2, 0.25) is 0 Å². The third-order valence-corrected chi connectivity index (χ3v) is 8.47. The molecule has 150 valence electrons. The smallest absolute Gasteiger partial charge is 0.248 e. The number of benzene rings is 1. The zero-order valence-corrected chi connectivity index (χ0v) is 17.6. The molecule has 1 rings (SSSR count). The van der Waals surface area contributed by atoms with Gasteiger partial charge in [-0.1, -0.05) is 25.2 Å². The van der Waals surface area contributed by atoms with Crippen LogP contribution in [0.3, 0.4) is 0 Å². The van der Waals surface area contributed by atoms with Gasteiger partial charge in [0.25, 0.3) is 0 Å². The maximum atomic E-state index is 13.8. The van der Waals surface area contributed by atoms with Gasteiger partial charge in [0, 0.05) is 11.3 Å². The molecule has 0 fully saturated rings. The van der Waals surface area contributed by atoms with Gasteiger partial charge in [-0.3, -0.25) is 0 Å². The van der Waals surface area contributed by atoms with Crippen LogP contribution in [0.15, 0.2) is 0 Å². The summed E-state index contributed by atoms with van der Waals surface area (Å²) in [5.74, 6) is -10.1. The van der Waals surface area contributed by atoms with Gasteiger partial charge in [-0.25, -0.2) is 22.0 Å². The fraction of sp³-hybridized carbons (Fsp3) is 0.625. The quantitative estimate of drug-likeness (QED) is 0.185. The third kappa shape index (κ3) is 6.44. The summed E-state index contributed by atoms with van der Waals surface area (Å²) in [6, 6.07) is 0. The van der Waals surface area contributed by atoms with Crippen molar-refractivity contribution in [1.29, 1.82) is 0 Å². The van der Waals surface area contributed by atoms with Crippen molar-refractivity contribution in [3.8, 4) is 0 Å². The first-order valence-electron chi connectivity index (χ1n) is 7.99. The number of hydrogen-bond donors (Lipinski definition) is 0. The maximum absolute atomic E-state index is 13.8. The molecular formula is C16H22F5O2PS2. The highest BCUT2D eigenvalue weighted by Crippen LogP contribution is 2.64. The molecule has 0 bridgehead atoms. The summed E-state index contributed by atoms with van der Waals surface area (Å²) >= 11 is 6.17. The van der Waals surface area contributed by atoms with Crippen molar-refractivity contribution in [2.24, 2.45) is 5.92 Å². The average Bonchev–Trinajstić information content (AvgIpc) is 2.49. The molecule has 0 saturated carbocycles. The standard InChI is InChI=1S/C16H22F5O2PS2/c1-8(2)6-10(5)23-24(25,22-9(3)4)26-7-11-12(17)14(19)16(21)15(20)13(11)18/h8-10H,6-7H2,1-5H3. The molecule has 0 aliphatic carbocycles. The summed E-state index contributed by atoms with van der Waals surface area (Å²) < 4.78 is 78.9. The molecule has 1 aromatic carbocycles. The van der Waals surface area contributed by atoms with E-state index in [-0.39, 0.29) is 12.2 Å². The molecule has 0 N–H and O–H groups in total. The van der Waals surface area contributed by atoms with Crippen LogP contribution >= 0.6 is 17.1 Å². The number of hydrogen-bond acceptors (Lipinski definition) is 4. The minimum Gasteiger partial charge on any atom is -0.319 e. The van der Waals surface area contributed by atoms with Crippen LogP contribution in [0.4, 0.5) is 22.0 Å². The van der Waals surface area contributed by atoms with Gasteiger partial charge in [0.2, 0.25) is 11.5 Å².